The average Bonchev–Trinajstić information content (AvgIpc) is 2.78. The number of hydrogen-bond donors (Lipinski definition) is 2. The number of nitrogens with zero attached hydrogens (tertiary/aromatic N) is 3. The molecule has 2 heterocycles. The van der Waals surface area contributed by atoms with Gasteiger partial charge in [0.1, 0.15) is 29.8 Å². The summed E-state index contributed by atoms with van der Waals surface area (Å²) in [7, 11) is 0. The summed E-state index contributed by atoms with van der Waals surface area (Å²) in [5, 5.41) is 11.4. The van der Waals surface area contributed by atoms with Crippen LogP contribution in [0.15, 0.2) is 35.5 Å². The van der Waals surface area contributed by atoms with Gasteiger partial charge >= 0.3 is 6.18 Å². The highest BCUT2D eigenvalue weighted by Crippen LogP contribution is 2.42. The van der Waals surface area contributed by atoms with E-state index in [1.54, 1.807) is 0 Å². The van der Waals surface area contributed by atoms with E-state index in [0.717, 1.165) is 18.2 Å². The third-order valence-corrected chi connectivity index (χ3v) is 5.70. The molecule has 0 saturated carbocycles. The van der Waals surface area contributed by atoms with E-state index in [1.807, 2.05) is 28.7 Å². The number of aromatic nitrogens is 1. The third kappa shape index (κ3) is 5.15. The largest absolute Gasteiger partial charge is 0.452 e. The molecule has 13 heteroatoms. The molecule has 0 unspecified atom stereocenters. The number of benzene rings is 1. The number of amides is 1. The molecule has 2 aromatic rings. The van der Waals surface area contributed by atoms with E-state index in [-0.39, 0.29) is 16.9 Å². The van der Waals surface area contributed by atoms with Crippen LogP contribution in [0.1, 0.15) is 33.6 Å². The maximum absolute atomic E-state index is 14.6. The molecule has 0 aliphatic carbocycles. The van der Waals surface area contributed by atoms with Crippen molar-refractivity contribution in [3.05, 3.63) is 58.7 Å². The van der Waals surface area contributed by atoms with Crippen molar-refractivity contribution in [2.75, 3.05) is 12.0 Å². The van der Waals surface area contributed by atoms with Gasteiger partial charge in [-0.1, -0.05) is 22.6 Å². The molecule has 0 radical (unpaired) electrons. The van der Waals surface area contributed by atoms with Gasteiger partial charge in [0.05, 0.1) is 5.56 Å². The monoisotopic (exact) mass is 579 g/mol. The van der Waals surface area contributed by atoms with Gasteiger partial charge < -0.3 is 15.8 Å². The Morgan fingerprint density at radius 3 is 2.73 bits per heavy atom. The Balaban J connectivity index is 1.98. The van der Waals surface area contributed by atoms with Crippen LogP contribution >= 0.6 is 22.6 Å². The number of pyridine rings is 1. The van der Waals surface area contributed by atoms with E-state index < -0.39 is 54.2 Å². The minimum absolute atomic E-state index is 0.0000492. The van der Waals surface area contributed by atoms with Gasteiger partial charge in [0.2, 0.25) is 0 Å². The minimum atomic E-state index is -4.89. The Bertz CT molecular complexity index is 1150. The molecule has 0 bridgehead atoms. The fraction of sp³-hybridized carbons (Fsp3) is 0.300. The molecule has 1 aromatic heterocycles. The van der Waals surface area contributed by atoms with Crippen LogP contribution in [0.25, 0.3) is 0 Å². The van der Waals surface area contributed by atoms with E-state index in [4.69, 9.17) is 11.0 Å². The van der Waals surface area contributed by atoms with Crippen molar-refractivity contribution >= 4 is 40.2 Å². The summed E-state index contributed by atoms with van der Waals surface area (Å²) >= 11 is 1.98. The van der Waals surface area contributed by atoms with Crippen LogP contribution in [0.2, 0.25) is 0 Å². The van der Waals surface area contributed by atoms with Crippen molar-refractivity contribution in [2.45, 2.75) is 28.7 Å². The van der Waals surface area contributed by atoms with Crippen molar-refractivity contribution in [1.29, 1.82) is 5.26 Å². The van der Waals surface area contributed by atoms with Crippen molar-refractivity contribution in [1.82, 2.24) is 4.98 Å². The van der Waals surface area contributed by atoms with Gasteiger partial charge in [-0.25, -0.2) is 18.8 Å². The van der Waals surface area contributed by atoms with Crippen LogP contribution in [0.3, 0.4) is 0 Å². The molecule has 33 heavy (non-hydrogen) atoms. The van der Waals surface area contributed by atoms with E-state index in [9.17, 15) is 26.7 Å². The number of carbonyl (C=O) groups excluding carboxylic acids is 1. The fourth-order valence-electron chi connectivity index (χ4n) is 3.31. The Kier molecular flexibility index (Phi) is 7.06. The molecular formula is C20H15F5IN5O2. The van der Waals surface area contributed by atoms with Gasteiger partial charge in [-0.3, -0.25) is 4.79 Å². The van der Waals surface area contributed by atoms with Crippen LogP contribution in [0, 0.1) is 17.1 Å². The summed E-state index contributed by atoms with van der Waals surface area (Å²) in [6, 6.07) is 5.49. The normalized spacial score (nSPS) is 20.4. The topological polar surface area (TPSA) is 113 Å². The second kappa shape index (κ2) is 9.46. The van der Waals surface area contributed by atoms with E-state index in [1.165, 1.54) is 12.3 Å². The van der Waals surface area contributed by atoms with Crippen molar-refractivity contribution in [2.24, 2.45) is 10.7 Å². The highest BCUT2D eigenvalue weighted by atomic mass is 127. The molecule has 1 aliphatic heterocycles. The number of anilines is 1. The Morgan fingerprint density at radius 2 is 2.12 bits per heavy atom. The van der Waals surface area contributed by atoms with Crippen LogP contribution in [0.4, 0.5) is 27.6 Å². The molecule has 0 spiro atoms. The number of nitrogens with two attached hydrogens (primary N) is 1. The summed E-state index contributed by atoms with van der Waals surface area (Å²) < 4.78 is 73.3. The minimum Gasteiger partial charge on any atom is -0.452 e. The standard InChI is InChI=1S/C20H15F5IN5O2/c21-9-19(5-15(20(23,24)25)33-18(28)31-19)13-4-12(1-2-14(13)22)30-17(32)16-11(6-26)3-10(7-27)8-29-16/h1-4,8,15H,5-6,9H2,(H2,28,31)(H,30,32)/t15-,19+/m0/s1. The van der Waals surface area contributed by atoms with Crippen molar-refractivity contribution in [3.8, 4) is 6.07 Å². The number of nitrogens with one attached hydrogen (secondary N) is 1. The Morgan fingerprint density at radius 1 is 1.39 bits per heavy atom. The Hall–Kier alpha value is -3.02. The number of aliphatic imine (C=N–C) groups is 1. The van der Waals surface area contributed by atoms with E-state index >= 15 is 0 Å². The van der Waals surface area contributed by atoms with E-state index in [0.29, 0.717) is 9.99 Å². The van der Waals surface area contributed by atoms with Crippen LogP contribution in [-0.4, -0.2) is 35.9 Å². The Labute approximate surface area is 198 Å². The fourth-order valence-corrected chi connectivity index (χ4v) is 3.90. The van der Waals surface area contributed by atoms with Crippen LogP contribution in [-0.2, 0) is 14.7 Å². The summed E-state index contributed by atoms with van der Waals surface area (Å²) in [4.78, 5) is 20.3. The number of halogens is 6. The molecule has 2 atom stereocenters. The summed E-state index contributed by atoms with van der Waals surface area (Å²) in [5.41, 5.74) is 3.21. The zero-order valence-electron chi connectivity index (χ0n) is 16.6. The number of ether oxygens (including phenoxy) is 1. The molecule has 3 rings (SSSR count). The first-order chi connectivity index (χ1) is 15.5. The van der Waals surface area contributed by atoms with Gasteiger partial charge in [0, 0.05) is 28.3 Å². The quantitative estimate of drug-likeness (QED) is 0.315. The van der Waals surface area contributed by atoms with Crippen LogP contribution in [0.5, 0.6) is 0 Å². The average molecular weight is 579 g/mol. The van der Waals surface area contributed by atoms with Gasteiger partial charge in [0.25, 0.3) is 11.9 Å². The molecule has 1 aliphatic rings. The van der Waals surface area contributed by atoms with Gasteiger partial charge in [-0.15, -0.1) is 0 Å². The number of alkyl halides is 5. The lowest BCUT2D eigenvalue weighted by Crippen LogP contribution is -2.48. The highest BCUT2D eigenvalue weighted by Gasteiger charge is 2.52. The summed E-state index contributed by atoms with van der Waals surface area (Å²) in [5.74, 6) is -1.74. The lowest BCUT2D eigenvalue weighted by atomic mass is 9.84. The SMILES string of the molecule is N#Cc1cnc(C(=O)Nc2ccc(F)c([C@]3(CF)C[C@@H](C(F)(F)F)OC(N)=N3)c2)c(CI)c1. The maximum atomic E-state index is 14.6. The molecule has 0 fully saturated rings. The number of hydrogen-bond acceptors (Lipinski definition) is 6. The maximum Gasteiger partial charge on any atom is 0.425 e. The lowest BCUT2D eigenvalue weighted by molar-refractivity contribution is -0.209. The predicted octanol–water partition coefficient (Wildman–Crippen LogP) is 4.11. The molecule has 1 amide bonds. The molecule has 3 N–H and O–H groups in total. The highest BCUT2D eigenvalue weighted by molar-refractivity contribution is 14.1. The summed E-state index contributed by atoms with van der Waals surface area (Å²) in [6.45, 7) is -1.49. The number of nitriles is 1. The number of carbonyl (C=O) groups is 1. The first kappa shape index (κ1) is 24.6. The van der Waals surface area contributed by atoms with Gasteiger partial charge in [-0.05, 0) is 29.8 Å². The molecule has 174 valence electrons. The molecule has 0 saturated heterocycles. The lowest BCUT2D eigenvalue weighted by Gasteiger charge is -2.36. The van der Waals surface area contributed by atoms with Crippen LogP contribution < -0.4 is 11.1 Å². The zero-order chi connectivity index (χ0) is 24.4. The number of amidine groups is 1. The molecule has 1 aromatic carbocycles. The van der Waals surface area contributed by atoms with Crippen molar-refractivity contribution in [3.63, 3.8) is 0 Å². The van der Waals surface area contributed by atoms with Gasteiger partial charge in [0.15, 0.2) is 6.10 Å². The third-order valence-electron chi connectivity index (χ3n) is 4.88. The van der Waals surface area contributed by atoms with Crippen molar-refractivity contribution < 1.29 is 31.5 Å². The van der Waals surface area contributed by atoms with Gasteiger partial charge in [-0.2, -0.15) is 18.4 Å². The zero-order valence-corrected chi connectivity index (χ0v) is 18.7. The first-order valence-corrected chi connectivity index (χ1v) is 10.8. The second-order valence-electron chi connectivity index (χ2n) is 7.09. The number of rotatable bonds is 5. The molecule has 7 nitrogen and oxygen atoms in total. The smallest absolute Gasteiger partial charge is 0.425 e. The summed E-state index contributed by atoms with van der Waals surface area (Å²) in [6.07, 6.45) is -7.22. The van der Waals surface area contributed by atoms with E-state index in [2.05, 4.69) is 20.0 Å². The molecular weight excluding hydrogens is 564 g/mol. The predicted molar refractivity (Wildman–Crippen MR) is 116 cm³/mol. The first-order valence-electron chi connectivity index (χ1n) is 9.24. The second-order valence-corrected chi connectivity index (χ2v) is 7.86.